The van der Waals surface area contributed by atoms with E-state index in [4.69, 9.17) is 0 Å². The highest BCUT2D eigenvalue weighted by Gasteiger charge is 2.20. The SMILES string of the molecule is Cc1ccc(S(=O)(=O)Nc2ccc3sc(C(=O)C[N+](=O)[O-])c(C)c3c2)cc1. The molecule has 0 atom stereocenters. The van der Waals surface area contributed by atoms with Crippen LogP contribution in [0.3, 0.4) is 0 Å². The van der Waals surface area contributed by atoms with Crippen molar-refractivity contribution in [3.05, 3.63) is 68.6 Å². The monoisotopic (exact) mass is 404 g/mol. The van der Waals surface area contributed by atoms with Gasteiger partial charge in [-0.15, -0.1) is 11.3 Å². The molecule has 1 heterocycles. The van der Waals surface area contributed by atoms with E-state index in [-0.39, 0.29) is 4.90 Å². The first-order valence-electron chi connectivity index (χ1n) is 7.95. The van der Waals surface area contributed by atoms with E-state index in [1.165, 1.54) is 23.5 Å². The van der Waals surface area contributed by atoms with E-state index in [0.29, 0.717) is 21.5 Å². The second kappa shape index (κ2) is 7.09. The molecule has 0 bridgehead atoms. The molecule has 1 N–H and O–H groups in total. The average molecular weight is 404 g/mol. The van der Waals surface area contributed by atoms with Crippen LogP contribution in [0.15, 0.2) is 47.4 Å². The van der Waals surface area contributed by atoms with Crippen molar-refractivity contribution in [3.8, 4) is 0 Å². The zero-order valence-corrected chi connectivity index (χ0v) is 16.2. The lowest BCUT2D eigenvalue weighted by Crippen LogP contribution is -2.13. The average Bonchev–Trinajstić information content (AvgIpc) is 2.91. The summed E-state index contributed by atoms with van der Waals surface area (Å²) < 4.78 is 28.4. The van der Waals surface area contributed by atoms with E-state index < -0.39 is 27.3 Å². The molecule has 3 aromatic rings. The van der Waals surface area contributed by atoms with E-state index >= 15 is 0 Å². The van der Waals surface area contributed by atoms with Crippen LogP contribution in [0.2, 0.25) is 0 Å². The minimum Gasteiger partial charge on any atom is -0.286 e. The fourth-order valence-corrected chi connectivity index (χ4v) is 4.84. The van der Waals surface area contributed by atoms with Crippen LogP contribution in [0.4, 0.5) is 5.69 Å². The fraction of sp³-hybridized carbons (Fsp3) is 0.167. The van der Waals surface area contributed by atoms with Crippen LogP contribution in [0.25, 0.3) is 10.1 Å². The third kappa shape index (κ3) is 3.99. The number of carbonyl (C=O) groups is 1. The van der Waals surface area contributed by atoms with Crippen LogP contribution >= 0.6 is 11.3 Å². The number of carbonyl (C=O) groups excluding carboxylic acids is 1. The highest BCUT2D eigenvalue weighted by molar-refractivity contribution is 7.92. The van der Waals surface area contributed by atoms with E-state index in [1.54, 1.807) is 37.3 Å². The van der Waals surface area contributed by atoms with Crippen LogP contribution in [0.1, 0.15) is 20.8 Å². The molecule has 1 aromatic heterocycles. The fourth-order valence-electron chi connectivity index (χ4n) is 2.67. The Kier molecular flexibility index (Phi) is 4.99. The van der Waals surface area contributed by atoms with Crippen LogP contribution < -0.4 is 4.72 Å². The molecule has 0 saturated carbocycles. The largest absolute Gasteiger partial charge is 0.286 e. The quantitative estimate of drug-likeness (QED) is 0.382. The molecule has 140 valence electrons. The van der Waals surface area contributed by atoms with Crippen LogP contribution in [0, 0.1) is 24.0 Å². The number of anilines is 1. The zero-order chi connectivity index (χ0) is 19.8. The maximum atomic E-state index is 12.5. The Morgan fingerprint density at radius 3 is 2.44 bits per heavy atom. The molecule has 0 aliphatic carbocycles. The third-order valence-corrected chi connectivity index (χ3v) is 6.76. The number of rotatable bonds is 6. The molecule has 0 aliphatic rings. The first kappa shape index (κ1) is 19.0. The zero-order valence-electron chi connectivity index (χ0n) is 14.6. The summed E-state index contributed by atoms with van der Waals surface area (Å²) in [6, 6.07) is 11.4. The number of aryl methyl sites for hydroxylation is 2. The number of hydrogen-bond donors (Lipinski definition) is 1. The topological polar surface area (TPSA) is 106 Å². The van der Waals surface area contributed by atoms with Crippen molar-refractivity contribution in [2.75, 3.05) is 11.3 Å². The number of hydrogen-bond acceptors (Lipinski definition) is 6. The molecule has 0 fully saturated rings. The van der Waals surface area contributed by atoms with Gasteiger partial charge in [-0.25, -0.2) is 8.42 Å². The minimum absolute atomic E-state index is 0.150. The van der Waals surface area contributed by atoms with Gasteiger partial charge in [0.15, 0.2) is 0 Å². The Morgan fingerprint density at radius 2 is 1.81 bits per heavy atom. The van der Waals surface area contributed by atoms with Gasteiger partial charge >= 0.3 is 0 Å². The van der Waals surface area contributed by atoms with Gasteiger partial charge in [0, 0.05) is 15.3 Å². The normalized spacial score (nSPS) is 11.5. The van der Waals surface area contributed by atoms with Gasteiger partial charge in [-0.2, -0.15) is 0 Å². The highest BCUT2D eigenvalue weighted by atomic mass is 32.2. The predicted octanol–water partition coefficient (Wildman–Crippen LogP) is 3.78. The van der Waals surface area contributed by atoms with Gasteiger partial charge in [-0.3, -0.25) is 19.6 Å². The number of sulfonamides is 1. The second-order valence-electron chi connectivity index (χ2n) is 6.10. The number of nitrogens with one attached hydrogen (secondary N) is 1. The number of fused-ring (bicyclic) bond motifs is 1. The Morgan fingerprint density at radius 1 is 1.15 bits per heavy atom. The Hall–Kier alpha value is -2.78. The van der Waals surface area contributed by atoms with E-state index in [9.17, 15) is 23.3 Å². The van der Waals surface area contributed by atoms with Gasteiger partial charge in [0.1, 0.15) is 0 Å². The molecule has 0 amide bonds. The lowest BCUT2D eigenvalue weighted by molar-refractivity contribution is -0.465. The number of nitro groups is 1. The maximum Gasteiger partial charge on any atom is 0.266 e. The Balaban J connectivity index is 1.94. The van der Waals surface area contributed by atoms with Gasteiger partial charge in [0.2, 0.25) is 5.78 Å². The van der Waals surface area contributed by atoms with Crippen molar-refractivity contribution in [2.24, 2.45) is 0 Å². The molecule has 2 aromatic carbocycles. The van der Waals surface area contributed by atoms with E-state index in [1.807, 2.05) is 6.92 Å². The second-order valence-corrected chi connectivity index (χ2v) is 8.83. The van der Waals surface area contributed by atoms with Crippen LogP contribution in [0.5, 0.6) is 0 Å². The first-order valence-corrected chi connectivity index (χ1v) is 10.2. The van der Waals surface area contributed by atoms with Crippen molar-refractivity contribution < 1.29 is 18.1 Å². The van der Waals surface area contributed by atoms with E-state index in [2.05, 4.69) is 4.72 Å². The predicted molar refractivity (Wildman–Crippen MR) is 105 cm³/mol. The van der Waals surface area contributed by atoms with Crippen LogP contribution in [-0.2, 0) is 10.0 Å². The molecule has 7 nitrogen and oxygen atoms in total. The molecule has 0 spiro atoms. The van der Waals surface area contributed by atoms with Gasteiger partial charge in [0.25, 0.3) is 16.6 Å². The number of ketones is 1. The summed E-state index contributed by atoms with van der Waals surface area (Å²) in [7, 11) is -3.74. The molecule has 9 heteroatoms. The number of benzene rings is 2. The summed E-state index contributed by atoms with van der Waals surface area (Å²) >= 11 is 1.17. The molecule has 27 heavy (non-hydrogen) atoms. The van der Waals surface area contributed by atoms with Gasteiger partial charge in [0.05, 0.1) is 9.77 Å². The highest BCUT2D eigenvalue weighted by Crippen LogP contribution is 2.33. The summed E-state index contributed by atoms with van der Waals surface area (Å²) in [6.45, 7) is 2.81. The van der Waals surface area contributed by atoms with Crippen LogP contribution in [-0.4, -0.2) is 25.7 Å². The lowest BCUT2D eigenvalue weighted by Gasteiger charge is -2.08. The summed E-state index contributed by atoms with van der Waals surface area (Å²) in [6.07, 6.45) is 0. The molecular formula is C18H16N2O5S2. The minimum atomic E-state index is -3.74. The van der Waals surface area contributed by atoms with Gasteiger partial charge in [-0.1, -0.05) is 17.7 Å². The molecule has 0 saturated heterocycles. The molecule has 0 radical (unpaired) electrons. The lowest BCUT2D eigenvalue weighted by atomic mass is 10.1. The smallest absolute Gasteiger partial charge is 0.266 e. The molecule has 0 unspecified atom stereocenters. The standard InChI is InChI=1S/C18H16N2O5S2/c1-11-3-6-14(7-4-11)27(24,25)19-13-5-8-17-15(9-13)12(2)18(26-17)16(21)10-20(22)23/h3-9,19H,10H2,1-2H3. The summed E-state index contributed by atoms with van der Waals surface area (Å²) in [5.41, 5.74) is 1.92. The number of thiophene rings is 1. The Bertz CT molecular complexity index is 1150. The van der Waals surface area contributed by atoms with Crippen molar-refractivity contribution in [1.29, 1.82) is 0 Å². The molecule has 3 rings (SSSR count). The van der Waals surface area contributed by atoms with Crippen molar-refractivity contribution in [3.63, 3.8) is 0 Å². The third-order valence-electron chi connectivity index (χ3n) is 4.05. The van der Waals surface area contributed by atoms with Crippen molar-refractivity contribution in [2.45, 2.75) is 18.7 Å². The Labute approximate surface area is 159 Å². The number of Topliss-reactive ketones (excluding diaryl/α,β-unsaturated/α-hetero) is 1. The summed E-state index contributed by atoms with van der Waals surface area (Å²) in [4.78, 5) is 22.4. The number of nitrogens with zero attached hydrogens (tertiary/aromatic N) is 1. The van der Waals surface area contributed by atoms with Gasteiger partial charge < -0.3 is 0 Å². The first-order chi connectivity index (χ1) is 12.7. The summed E-state index contributed by atoms with van der Waals surface area (Å²) in [5, 5.41) is 11.3. The molecule has 0 aliphatic heterocycles. The van der Waals surface area contributed by atoms with E-state index in [0.717, 1.165) is 10.3 Å². The van der Waals surface area contributed by atoms with Crippen molar-refractivity contribution >= 4 is 42.9 Å². The maximum absolute atomic E-state index is 12.5. The van der Waals surface area contributed by atoms with Crippen molar-refractivity contribution in [1.82, 2.24) is 0 Å². The summed E-state index contributed by atoms with van der Waals surface area (Å²) in [5.74, 6) is -0.555. The van der Waals surface area contributed by atoms with Gasteiger partial charge in [-0.05, 0) is 55.1 Å². The molecular weight excluding hydrogens is 388 g/mol.